The summed E-state index contributed by atoms with van der Waals surface area (Å²) < 4.78 is 10.9. The second-order valence-corrected chi connectivity index (χ2v) is 4.43. The summed E-state index contributed by atoms with van der Waals surface area (Å²) in [5, 5.41) is 12.1. The molecule has 0 fully saturated rings. The lowest BCUT2D eigenvalue weighted by atomic mass is 10.2. The van der Waals surface area contributed by atoms with Gasteiger partial charge >= 0.3 is 0 Å². The van der Waals surface area contributed by atoms with Crippen LogP contribution >= 0.6 is 0 Å². The molecule has 0 unspecified atom stereocenters. The van der Waals surface area contributed by atoms with Crippen molar-refractivity contribution in [1.29, 1.82) is 0 Å². The van der Waals surface area contributed by atoms with Crippen LogP contribution in [0.5, 0.6) is 11.5 Å². The second-order valence-electron chi connectivity index (χ2n) is 4.43. The normalized spacial score (nSPS) is 10.7. The molecule has 0 radical (unpaired) electrons. The fourth-order valence-corrected chi connectivity index (χ4v) is 1.50. The number of methoxy groups -OCH3 is 1. The predicted octanol–water partition coefficient (Wildman–Crippen LogP) is 1.95. The van der Waals surface area contributed by atoms with Crippen molar-refractivity contribution >= 4 is 0 Å². The van der Waals surface area contributed by atoms with Gasteiger partial charge in [0.1, 0.15) is 11.5 Å². The van der Waals surface area contributed by atoms with Gasteiger partial charge in [0.2, 0.25) is 0 Å². The molecule has 0 bridgehead atoms. The number of rotatable bonds is 8. The van der Waals surface area contributed by atoms with Gasteiger partial charge in [0.15, 0.2) is 0 Å². The van der Waals surface area contributed by atoms with Gasteiger partial charge in [0.05, 0.1) is 13.7 Å². The molecule has 0 heterocycles. The Balaban J connectivity index is 2.72. The molecule has 0 aliphatic carbocycles. The standard InChI is InChI=1S/C14H23NO3/c1-11(2)15-10-12-5-6-13(17-3)9-14(12)18-8-4-7-16/h5-6,9,11,15-16H,4,7-8,10H2,1-3H3. The Morgan fingerprint density at radius 1 is 1.33 bits per heavy atom. The highest BCUT2D eigenvalue weighted by Crippen LogP contribution is 2.25. The predicted molar refractivity (Wildman–Crippen MR) is 72.2 cm³/mol. The van der Waals surface area contributed by atoms with Crippen LogP contribution in [0.3, 0.4) is 0 Å². The smallest absolute Gasteiger partial charge is 0.127 e. The highest BCUT2D eigenvalue weighted by Gasteiger charge is 2.06. The third-order valence-corrected chi connectivity index (χ3v) is 2.54. The molecule has 0 saturated carbocycles. The molecule has 102 valence electrons. The molecule has 1 aromatic carbocycles. The average molecular weight is 253 g/mol. The third-order valence-electron chi connectivity index (χ3n) is 2.54. The lowest BCUT2D eigenvalue weighted by molar-refractivity contribution is 0.232. The van der Waals surface area contributed by atoms with E-state index in [4.69, 9.17) is 14.6 Å². The first kappa shape index (κ1) is 14.8. The number of aliphatic hydroxyl groups is 1. The zero-order chi connectivity index (χ0) is 13.4. The van der Waals surface area contributed by atoms with E-state index in [9.17, 15) is 0 Å². The Hall–Kier alpha value is -1.26. The summed E-state index contributed by atoms with van der Waals surface area (Å²) in [5.41, 5.74) is 1.10. The highest BCUT2D eigenvalue weighted by atomic mass is 16.5. The molecule has 0 atom stereocenters. The number of ether oxygens (including phenoxy) is 2. The molecule has 4 heteroatoms. The minimum Gasteiger partial charge on any atom is -0.497 e. The summed E-state index contributed by atoms with van der Waals surface area (Å²) in [6, 6.07) is 6.24. The topological polar surface area (TPSA) is 50.7 Å². The van der Waals surface area contributed by atoms with Crippen LogP contribution in [0.15, 0.2) is 18.2 Å². The highest BCUT2D eigenvalue weighted by molar-refractivity contribution is 5.40. The van der Waals surface area contributed by atoms with Crippen molar-refractivity contribution in [1.82, 2.24) is 5.32 Å². The van der Waals surface area contributed by atoms with Crippen molar-refractivity contribution in [2.75, 3.05) is 20.3 Å². The van der Waals surface area contributed by atoms with Crippen LogP contribution in [-0.4, -0.2) is 31.5 Å². The first-order chi connectivity index (χ1) is 8.67. The zero-order valence-corrected chi connectivity index (χ0v) is 11.4. The number of hydrogen-bond acceptors (Lipinski definition) is 4. The molecule has 0 aliphatic heterocycles. The first-order valence-corrected chi connectivity index (χ1v) is 6.31. The quantitative estimate of drug-likeness (QED) is 0.695. The molecule has 2 N–H and O–H groups in total. The summed E-state index contributed by atoms with van der Waals surface area (Å²) in [6.45, 7) is 5.63. The molecule has 0 aromatic heterocycles. The van der Waals surface area contributed by atoms with E-state index < -0.39 is 0 Å². The van der Waals surface area contributed by atoms with Gasteiger partial charge in [-0.3, -0.25) is 0 Å². The Morgan fingerprint density at radius 2 is 2.11 bits per heavy atom. The molecule has 18 heavy (non-hydrogen) atoms. The molecule has 0 saturated heterocycles. The second kappa shape index (κ2) is 7.95. The van der Waals surface area contributed by atoms with Crippen LogP contribution in [-0.2, 0) is 6.54 Å². The van der Waals surface area contributed by atoms with E-state index >= 15 is 0 Å². The van der Waals surface area contributed by atoms with Crippen LogP contribution in [0, 0.1) is 0 Å². The van der Waals surface area contributed by atoms with Crippen molar-refractivity contribution in [3.8, 4) is 11.5 Å². The maximum absolute atomic E-state index is 8.77. The van der Waals surface area contributed by atoms with Gasteiger partial charge in [0, 0.05) is 37.2 Å². The van der Waals surface area contributed by atoms with Crippen LogP contribution < -0.4 is 14.8 Å². The van der Waals surface area contributed by atoms with E-state index in [1.165, 1.54) is 0 Å². The van der Waals surface area contributed by atoms with Gasteiger partial charge in [-0.1, -0.05) is 19.9 Å². The van der Waals surface area contributed by atoms with E-state index in [0.717, 1.165) is 23.6 Å². The molecule has 1 rings (SSSR count). The van der Waals surface area contributed by atoms with Gasteiger partial charge < -0.3 is 19.9 Å². The number of aliphatic hydroxyl groups excluding tert-OH is 1. The molecule has 0 spiro atoms. The van der Waals surface area contributed by atoms with Crippen molar-refractivity contribution in [2.24, 2.45) is 0 Å². The van der Waals surface area contributed by atoms with Gasteiger partial charge in [-0.25, -0.2) is 0 Å². The van der Waals surface area contributed by atoms with Crippen LogP contribution in [0.2, 0.25) is 0 Å². The number of benzene rings is 1. The van der Waals surface area contributed by atoms with Crippen molar-refractivity contribution in [2.45, 2.75) is 32.9 Å². The summed E-state index contributed by atoms with van der Waals surface area (Å²) in [7, 11) is 1.64. The Bertz CT molecular complexity index is 353. The maximum atomic E-state index is 8.77. The molecule has 1 aromatic rings. The lowest BCUT2D eigenvalue weighted by Gasteiger charge is -2.14. The minimum atomic E-state index is 0.142. The summed E-state index contributed by atoms with van der Waals surface area (Å²) in [4.78, 5) is 0. The Morgan fingerprint density at radius 3 is 2.72 bits per heavy atom. The Labute approximate surface area is 109 Å². The first-order valence-electron chi connectivity index (χ1n) is 6.31. The summed E-state index contributed by atoms with van der Waals surface area (Å²) >= 11 is 0. The minimum absolute atomic E-state index is 0.142. The number of hydrogen-bond donors (Lipinski definition) is 2. The largest absolute Gasteiger partial charge is 0.497 e. The third kappa shape index (κ3) is 4.94. The van der Waals surface area contributed by atoms with Gasteiger partial charge in [-0.15, -0.1) is 0 Å². The van der Waals surface area contributed by atoms with Gasteiger partial charge in [-0.2, -0.15) is 0 Å². The SMILES string of the molecule is COc1ccc(CNC(C)C)c(OCCCO)c1. The molecule has 4 nitrogen and oxygen atoms in total. The van der Waals surface area contributed by atoms with Crippen molar-refractivity contribution < 1.29 is 14.6 Å². The van der Waals surface area contributed by atoms with E-state index in [1.807, 2.05) is 18.2 Å². The van der Waals surface area contributed by atoms with Crippen LogP contribution in [0.25, 0.3) is 0 Å². The van der Waals surface area contributed by atoms with Crippen LogP contribution in [0.4, 0.5) is 0 Å². The average Bonchev–Trinajstić information content (AvgIpc) is 2.37. The van der Waals surface area contributed by atoms with Gasteiger partial charge in [-0.05, 0) is 6.07 Å². The summed E-state index contributed by atoms with van der Waals surface area (Å²) in [5.74, 6) is 1.60. The molecular weight excluding hydrogens is 230 g/mol. The lowest BCUT2D eigenvalue weighted by Crippen LogP contribution is -2.22. The van der Waals surface area contributed by atoms with E-state index in [1.54, 1.807) is 7.11 Å². The van der Waals surface area contributed by atoms with E-state index in [-0.39, 0.29) is 6.61 Å². The fourth-order valence-electron chi connectivity index (χ4n) is 1.50. The molecular formula is C14H23NO3. The fraction of sp³-hybridized carbons (Fsp3) is 0.571. The molecule has 0 aliphatic rings. The maximum Gasteiger partial charge on any atom is 0.127 e. The van der Waals surface area contributed by atoms with Crippen molar-refractivity contribution in [3.05, 3.63) is 23.8 Å². The van der Waals surface area contributed by atoms with Gasteiger partial charge in [0.25, 0.3) is 0 Å². The Kier molecular flexibility index (Phi) is 6.54. The van der Waals surface area contributed by atoms with E-state index in [2.05, 4.69) is 19.2 Å². The molecule has 0 amide bonds. The van der Waals surface area contributed by atoms with Crippen molar-refractivity contribution in [3.63, 3.8) is 0 Å². The number of nitrogens with one attached hydrogen (secondary N) is 1. The van der Waals surface area contributed by atoms with Crippen LogP contribution in [0.1, 0.15) is 25.8 Å². The summed E-state index contributed by atoms with van der Waals surface area (Å²) in [6.07, 6.45) is 0.633. The zero-order valence-electron chi connectivity index (χ0n) is 11.4. The van der Waals surface area contributed by atoms with E-state index in [0.29, 0.717) is 19.1 Å². The monoisotopic (exact) mass is 253 g/mol.